The number of hydrogen-bond acceptors (Lipinski definition) is 5. The Morgan fingerprint density at radius 2 is 2.11 bits per heavy atom. The van der Waals surface area contributed by atoms with Crippen molar-refractivity contribution in [2.75, 3.05) is 20.1 Å². The topological polar surface area (TPSA) is 62.3 Å². The molecule has 0 bridgehead atoms. The Hall–Kier alpha value is -0.210. The fourth-order valence-electron chi connectivity index (χ4n) is 1.28. The van der Waals surface area contributed by atoms with Crippen LogP contribution in [0.3, 0.4) is 0 Å². The van der Waals surface area contributed by atoms with Gasteiger partial charge in [0.2, 0.25) is 0 Å². The summed E-state index contributed by atoms with van der Waals surface area (Å²) in [6, 6.07) is 0.383. The summed E-state index contributed by atoms with van der Waals surface area (Å²) in [6.45, 7) is 6.77. The molecule has 0 spiro atoms. The van der Waals surface area contributed by atoms with Crippen LogP contribution >= 0.6 is 22.9 Å². The largest absolute Gasteiger partial charge is 0.303 e. The van der Waals surface area contributed by atoms with E-state index in [4.69, 9.17) is 11.6 Å². The van der Waals surface area contributed by atoms with E-state index in [1.54, 1.807) is 6.92 Å². The van der Waals surface area contributed by atoms with Crippen molar-refractivity contribution < 1.29 is 8.42 Å². The maximum Gasteiger partial charge on any atom is 0.252 e. The number of aryl methyl sites for hydroxylation is 1. The number of sulfonamides is 1. The molecule has 18 heavy (non-hydrogen) atoms. The number of aromatic nitrogens is 1. The summed E-state index contributed by atoms with van der Waals surface area (Å²) in [7, 11) is -1.54. The number of likely N-dealkylation sites (N-methyl/N-ethyl adjacent to an activating group) is 1. The molecule has 104 valence electrons. The van der Waals surface area contributed by atoms with Gasteiger partial charge in [0, 0.05) is 19.1 Å². The summed E-state index contributed by atoms with van der Waals surface area (Å²) in [5.41, 5.74) is 0.440. The Bertz CT molecular complexity index is 499. The monoisotopic (exact) mass is 311 g/mol. The average Bonchev–Trinajstić information content (AvgIpc) is 2.58. The second-order valence-electron chi connectivity index (χ2n) is 4.31. The van der Waals surface area contributed by atoms with Crippen LogP contribution in [0.15, 0.2) is 4.21 Å². The van der Waals surface area contributed by atoms with Gasteiger partial charge in [-0.05, 0) is 27.8 Å². The standard InChI is InChI=1S/C10H18ClN3O2S2/c1-7(2)14(4)6-5-12-18(15,16)9-8(3)13-10(11)17-9/h7,12H,5-6H2,1-4H3. The highest BCUT2D eigenvalue weighted by atomic mass is 35.5. The third kappa shape index (κ3) is 4.17. The van der Waals surface area contributed by atoms with E-state index in [9.17, 15) is 8.42 Å². The molecule has 0 atom stereocenters. The van der Waals surface area contributed by atoms with Crippen LogP contribution in [0.5, 0.6) is 0 Å². The molecule has 8 heteroatoms. The molecule has 0 aliphatic carbocycles. The van der Waals surface area contributed by atoms with Crippen molar-refractivity contribution in [2.24, 2.45) is 0 Å². The van der Waals surface area contributed by atoms with E-state index in [0.717, 1.165) is 11.3 Å². The van der Waals surface area contributed by atoms with E-state index in [0.29, 0.717) is 24.8 Å². The molecule has 0 aliphatic heterocycles. The summed E-state index contributed by atoms with van der Waals surface area (Å²) in [4.78, 5) is 5.97. The van der Waals surface area contributed by atoms with Crippen LogP contribution < -0.4 is 4.72 Å². The SMILES string of the molecule is Cc1nc(Cl)sc1S(=O)(=O)NCCN(C)C(C)C. The van der Waals surface area contributed by atoms with Gasteiger partial charge < -0.3 is 4.90 Å². The zero-order valence-corrected chi connectivity index (χ0v) is 13.3. The van der Waals surface area contributed by atoms with Crippen LogP contribution in [0.1, 0.15) is 19.5 Å². The maximum atomic E-state index is 12.0. The van der Waals surface area contributed by atoms with Crippen LogP contribution in [0.4, 0.5) is 0 Å². The number of nitrogens with one attached hydrogen (secondary N) is 1. The van der Waals surface area contributed by atoms with Crippen LogP contribution in [0, 0.1) is 6.92 Å². The van der Waals surface area contributed by atoms with Gasteiger partial charge in [0.25, 0.3) is 10.0 Å². The molecule has 1 heterocycles. The van der Waals surface area contributed by atoms with E-state index in [1.165, 1.54) is 0 Å². The third-order valence-corrected chi connectivity index (χ3v) is 5.94. The molecule has 5 nitrogen and oxygen atoms in total. The van der Waals surface area contributed by atoms with E-state index in [2.05, 4.69) is 28.5 Å². The Morgan fingerprint density at radius 1 is 1.50 bits per heavy atom. The molecule has 1 N–H and O–H groups in total. The number of rotatable bonds is 6. The number of hydrogen-bond donors (Lipinski definition) is 1. The van der Waals surface area contributed by atoms with Gasteiger partial charge in [-0.15, -0.1) is 0 Å². The Kier molecular flexibility index (Phi) is 5.54. The Morgan fingerprint density at radius 3 is 2.56 bits per heavy atom. The first-order chi connectivity index (χ1) is 8.24. The van der Waals surface area contributed by atoms with E-state index >= 15 is 0 Å². The van der Waals surface area contributed by atoms with Gasteiger partial charge in [-0.2, -0.15) is 0 Å². The summed E-state index contributed by atoms with van der Waals surface area (Å²) in [6.07, 6.45) is 0. The molecular weight excluding hydrogens is 294 g/mol. The molecule has 0 unspecified atom stereocenters. The highest BCUT2D eigenvalue weighted by molar-refractivity contribution is 7.91. The van der Waals surface area contributed by atoms with Crippen molar-refractivity contribution >= 4 is 33.0 Å². The van der Waals surface area contributed by atoms with E-state index in [-0.39, 0.29) is 8.68 Å². The lowest BCUT2D eigenvalue weighted by atomic mass is 10.3. The van der Waals surface area contributed by atoms with Crippen LogP contribution in [-0.2, 0) is 10.0 Å². The fraction of sp³-hybridized carbons (Fsp3) is 0.700. The molecule has 1 aromatic rings. The molecule has 0 fully saturated rings. The lowest BCUT2D eigenvalue weighted by molar-refractivity contribution is 0.278. The van der Waals surface area contributed by atoms with Gasteiger partial charge in [-0.3, -0.25) is 0 Å². The maximum absolute atomic E-state index is 12.0. The van der Waals surface area contributed by atoms with Crippen molar-refractivity contribution in [1.29, 1.82) is 0 Å². The first-order valence-corrected chi connectivity index (χ1v) is 8.24. The third-order valence-electron chi connectivity index (χ3n) is 2.61. The fourth-order valence-corrected chi connectivity index (χ4v) is 4.08. The number of halogens is 1. The predicted molar refractivity (Wildman–Crippen MR) is 74.8 cm³/mol. The minimum absolute atomic E-state index is 0.194. The van der Waals surface area contributed by atoms with Crippen molar-refractivity contribution in [2.45, 2.75) is 31.0 Å². The van der Waals surface area contributed by atoms with Crippen LogP contribution in [0.2, 0.25) is 4.47 Å². The molecule has 0 amide bonds. The summed E-state index contributed by atoms with van der Waals surface area (Å²) in [5, 5.41) is 0. The smallest absolute Gasteiger partial charge is 0.252 e. The van der Waals surface area contributed by atoms with Gasteiger partial charge in [-0.1, -0.05) is 22.9 Å². The molecule has 1 rings (SSSR count). The van der Waals surface area contributed by atoms with Gasteiger partial charge in [0.15, 0.2) is 8.68 Å². The van der Waals surface area contributed by atoms with Crippen molar-refractivity contribution in [3.8, 4) is 0 Å². The van der Waals surface area contributed by atoms with Crippen LogP contribution in [0.25, 0.3) is 0 Å². The summed E-state index contributed by atoms with van der Waals surface area (Å²) < 4.78 is 27.0. The molecule has 0 saturated heterocycles. The number of thiazole rings is 1. The minimum atomic E-state index is -3.50. The predicted octanol–water partition coefficient (Wildman–Crippen LogP) is 1.72. The van der Waals surface area contributed by atoms with Crippen molar-refractivity contribution in [1.82, 2.24) is 14.6 Å². The molecule has 0 saturated carbocycles. The average molecular weight is 312 g/mol. The first-order valence-electron chi connectivity index (χ1n) is 5.57. The minimum Gasteiger partial charge on any atom is -0.303 e. The van der Waals surface area contributed by atoms with Crippen molar-refractivity contribution in [3.05, 3.63) is 10.2 Å². The van der Waals surface area contributed by atoms with Gasteiger partial charge in [0.1, 0.15) is 0 Å². The molecule has 0 aliphatic rings. The lowest BCUT2D eigenvalue weighted by Gasteiger charge is -2.20. The summed E-state index contributed by atoms with van der Waals surface area (Å²) in [5.74, 6) is 0. The van der Waals surface area contributed by atoms with Gasteiger partial charge >= 0.3 is 0 Å². The zero-order valence-electron chi connectivity index (χ0n) is 10.9. The Balaban J connectivity index is 2.64. The molecule has 0 aromatic carbocycles. The molecular formula is C10H18ClN3O2S2. The second kappa shape index (κ2) is 6.29. The quantitative estimate of drug-likeness (QED) is 0.869. The molecule has 0 radical (unpaired) electrons. The number of nitrogens with zero attached hydrogens (tertiary/aromatic N) is 2. The normalized spacial score (nSPS) is 12.6. The first kappa shape index (κ1) is 15.8. The highest BCUT2D eigenvalue weighted by Gasteiger charge is 2.21. The van der Waals surface area contributed by atoms with Gasteiger partial charge in [-0.25, -0.2) is 18.1 Å². The second-order valence-corrected chi connectivity index (χ2v) is 7.86. The molecule has 1 aromatic heterocycles. The van der Waals surface area contributed by atoms with Crippen molar-refractivity contribution in [3.63, 3.8) is 0 Å². The highest BCUT2D eigenvalue weighted by Crippen LogP contribution is 2.26. The van der Waals surface area contributed by atoms with Crippen LogP contribution in [-0.4, -0.2) is 44.5 Å². The van der Waals surface area contributed by atoms with E-state index in [1.807, 2.05) is 7.05 Å². The van der Waals surface area contributed by atoms with E-state index < -0.39 is 10.0 Å². The summed E-state index contributed by atoms with van der Waals surface area (Å²) >= 11 is 6.68. The lowest BCUT2D eigenvalue weighted by Crippen LogP contribution is -2.36. The zero-order chi connectivity index (χ0) is 13.9. The van der Waals surface area contributed by atoms with Gasteiger partial charge in [0.05, 0.1) is 5.69 Å². The Labute approximate surface area is 117 Å².